The van der Waals surface area contributed by atoms with Gasteiger partial charge < -0.3 is 15.2 Å². The predicted octanol–water partition coefficient (Wildman–Crippen LogP) is 0.594. The molecular formula is C12H15BrN2O5S. The second-order valence-electron chi connectivity index (χ2n) is 4.43. The maximum absolute atomic E-state index is 12.6. The molecule has 1 unspecified atom stereocenters. The summed E-state index contributed by atoms with van der Waals surface area (Å²) in [6.07, 6.45) is -0.911. The van der Waals surface area contributed by atoms with E-state index in [1.165, 1.54) is 23.5 Å². The van der Waals surface area contributed by atoms with Crippen molar-refractivity contribution in [1.29, 1.82) is 0 Å². The number of hydrogen-bond acceptors (Lipinski definition) is 6. The fraction of sp³-hybridized carbons (Fsp3) is 0.417. The zero-order valence-corrected chi connectivity index (χ0v) is 13.7. The van der Waals surface area contributed by atoms with Gasteiger partial charge in [0.2, 0.25) is 10.0 Å². The maximum atomic E-state index is 12.6. The largest absolute Gasteiger partial charge is 0.467 e. The Balaban J connectivity index is 2.26. The van der Waals surface area contributed by atoms with Crippen molar-refractivity contribution in [3.63, 3.8) is 0 Å². The first-order chi connectivity index (χ1) is 9.86. The summed E-state index contributed by atoms with van der Waals surface area (Å²) >= 11 is 3.22. The second-order valence-corrected chi connectivity index (χ2v) is 7.22. The Morgan fingerprint density at radius 2 is 2.24 bits per heavy atom. The lowest BCUT2D eigenvalue weighted by Crippen LogP contribution is -2.48. The summed E-state index contributed by atoms with van der Waals surface area (Å²) in [6, 6.07) is 4.40. The van der Waals surface area contributed by atoms with Crippen molar-refractivity contribution < 1.29 is 22.7 Å². The predicted molar refractivity (Wildman–Crippen MR) is 79.1 cm³/mol. The zero-order valence-electron chi connectivity index (χ0n) is 11.3. The molecule has 0 spiro atoms. The number of nitrogens with zero attached hydrogens (tertiary/aromatic N) is 1. The maximum Gasteiger partial charge on any atom is 0.336 e. The summed E-state index contributed by atoms with van der Waals surface area (Å²) in [5.41, 5.74) is 6.04. The molecule has 0 aliphatic carbocycles. The van der Waals surface area contributed by atoms with Crippen molar-refractivity contribution in [1.82, 2.24) is 4.31 Å². The third-order valence-electron chi connectivity index (χ3n) is 3.10. The van der Waals surface area contributed by atoms with Crippen LogP contribution in [0.4, 0.5) is 5.69 Å². The molecule has 0 radical (unpaired) electrons. The van der Waals surface area contributed by atoms with Crippen molar-refractivity contribution in [2.75, 3.05) is 32.5 Å². The molecule has 0 aromatic heterocycles. The fourth-order valence-corrected chi connectivity index (χ4v) is 3.66. The van der Waals surface area contributed by atoms with Crippen molar-refractivity contribution in [3.8, 4) is 0 Å². The quantitative estimate of drug-likeness (QED) is 0.610. The molecule has 1 fully saturated rings. The van der Waals surface area contributed by atoms with Gasteiger partial charge in [-0.3, -0.25) is 0 Å². The molecule has 1 aliphatic rings. The number of rotatable bonds is 3. The Kier molecular flexibility index (Phi) is 4.87. The molecule has 1 aliphatic heterocycles. The van der Waals surface area contributed by atoms with Gasteiger partial charge in [-0.15, -0.1) is 0 Å². The van der Waals surface area contributed by atoms with Crippen LogP contribution in [0.25, 0.3) is 0 Å². The molecule has 1 atom stereocenters. The highest BCUT2D eigenvalue weighted by atomic mass is 79.9. The van der Waals surface area contributed by atoms with Crippen molar-refractivity contribution in [2.45, 2.75) is 11.0 Å². The highest BCUT2D eigenvalue weighted by molar-refractivity contribution is 9.10. The molecule has 21 heavy (non-hydrogen) atoms. The van der Waals surface area contributed by atoms with Gasteiger partial charge in [0.15, 0.2) is 6.10 Å². The topological polar surface area (TPSA) is 98.9 Å². The number of benzene rings is 1. The lowest BCUT2D eigenvalue weighted by Gasteiger charge is -2.30. The van der Waals surface area contributed by atoms with Crippen molar-refractivity contribution in [3.05, 3.63) is 22.7 Å². The van der Waals surface area contributed by atoms with Crippen LogP contribution in [0.15, 0.2) is 27.6 Å². The highest BCUT2D eigenvalue weighted by Gasteiger charge is 2.34. The Hall–Kier alpha value is -1.16. The first-order valence-electron chi connectivity index (χ1n) is 6.11. The number of carbonyl (C=O) groups excluding carboxylic acids is 1. The Bertz CT molecular complexity index is 649. The molecule has 0 amide bonds. The number of hydrogen-bond donors (Lipinski definition) is 1. The molecule has 1 heterocycles. The molecular weight excluding hydrogens is 364 g/mol. The summed E-state index contributed by atoms with van der Waals surface area (Å²) < 4.78 is 36.7. The summed E-state index contributed by atoms with van der Waals surface area (Å²) in [5, 5.41) is 0. The monoisotopic (exact) mass is 378 g/mol. The standard InChI is InChI=1S/C12H15BrN2O5S/c1-19-12(16)11-7-15(4-5-20-11)21(17,18)8-2-3-9(13)10(14)6-8/h2-3,6,11H,4-5,7,14H2,1H3. The molecule has 2 N–H and O–H groups in total. The van der Waals surface area contributed by atoms with Gasteiger partial charge in [0.05, 0.1) is 25.2 Å². The van der Waals surface area contributed by atoms with Gasteiger partial charge in [0.1, 0.15) is 0 Å². The number of carbonyl (C=O) groups is 1. The SMILES string of the molecule is COC(=O)C1CN(S(=O)(=O)c2ccc(Br)c(N)c2)CCO1. The van der Waals surface area contributed by atoms with Crippen LogP contribution in [0.3, 0.4) is 0 Å². The number of morpholine rings is 1. The summed E-state index contributed by atoms with van der Waals surface area (Å²) in [6.45, 7) is 0.224. The van der Waals surface area contributed by atoms with Gasteiger partial charge in [0.25, 0.3) is 0 Å². The number of ether oxygens (including phenoxy) is 2. The Labute approximate surface area is 131 Å². The van der Waals surface area contributed by atoms with Gasteiger partial charge in [-0.25, -0.2) is 13.2 Å². The normalized spacial score (nSPS) is 20.2. The molecule has 7 nitrogen and oxygen atoms in total. The van der Waals surface area contributed by atoms with Crippen LogP contribution in [0.1, 0.15) is 0 Å². The first-order valence-corrected chi connectivity index (χ1v) is 8.34. The third kappa shape index (κ3) is 3.37. The van der Waals surface area contributed by atoms with E-state index >= 15 is 0 Å². The number of anilines is 1. The van der Waals surface area contributed by atoms with E-state index in [4.69, 9.17) is 10.5 Å². The van der Waals surface area contributed by atoms with Gasteiger partial charge >= 0.3 is 5.97 Å². The average molecular weight is 379 g/mol. The van der Waals surface area contributed by atoms with Crippen molar-refractivity contribution >= 4 is 37.6 Å². The second kappa shape index (κ2) is 6.30. The molecule has 9 heteroatoms. The van der Waals surface area contributed by atoms with Gasteiger partial charge in [-0.05, 0) is 34.1 Å². The average Bonchev–Trinajstić information content (AvgIpc) is 2.49. The minimum atomic E-state index is -3.73. The van der Waals surface area contributed by atoms with Crippen LogP contribution in [0, 0.1) is 0 Å². The van der Waals surface area contributed by atoms with E-state index in [1.54, 1.807) is 6.07 Å². The molecule has 0 saturated carbocycles. The van der Waals surface area contributed by atoms with Crippen LogP contribution >= 0.6 is 15.9 Å². The minimum Gasteiger partial charge on any atom is -0.467 e. The molecule has 2 rings (SSSR count). The van der Waals surface area contributed by atoms with E-state index in [-0.39, 0.29) is 24.6 Å². The smallest absolute Gasteiger partial charge is 0.336 e. The van der Waals surface area contributed by atoms with Crippen LogP contribution in [0.2, 0.25) is 0 Å². The van der Waals surface area contributed by atoms with Gasteiger partial charge in [-0.2, -0.15) is 4.31 Å². The molecule has 1 aromatic carbocycles. The Morgan fingerprint density at radius 3 is 2.86 bits per heavy atom. The number of sulfonamides is 1. The first kappa shape index (κ1) is 16.2. The molecule has 0 bridgehead atoms. The van der Waals surface area contributed by atoms with E-state index in [0.29, 0.717) is 10.2 Å². The van der Waals surface area contributed by atoms with Crippen LogP contribution in [0.5, 0.6) is 0 Å². The van der Waals surface area contributed by atoms with Crippen LogP contribution in [-0.4, -0.2) is 51.6 Å². The lowest BCUT2D eigenvalue weighted by molar-refractivity contribution is -0.157. The van der Waals surface area contributed by atoms with E-state index in [9.17, 15) is 13.2 Å². The highest BCUT2D eigenvalue weighted by Crippen LogP contribution is 2.25. The van der Waals surface area contributed by atoms with E-state index in [1.807, 2.05) is 0 Å². The fourth-order valence-electron chi connectivity index (χ4n) is 1.95. The number of methoxy groups -OCH3 is 1. The Morgan fingerprint density at radius 1 is 1.52 bits per heavy atom. The molecule has 1 saturated heterocycles. The molecule has 1 aromatic rings. The van der Waals surface area contributed by atoms with E-state index < -0.39 is 22.1 Å². The number of halogens is 1. The zero-order chi connectivity index (χ0) is 15.6. The number of esters is 1. The number of nitrogens with two attached hydrogens (primary N) is 1. The summed E-state index contributed by atoms with van der Waals surface area (Å²) in [7, 11) is -2.50. The third-order valence-corrected chi connectivity index (χ3v) is 5.68. The van der Waals surface area contributed by atoms with Crippen molar-refractivity contribution in [2.24, 2.45) is 0 Å². The van der Waals surface area contributed by atoms with Crippen LogP contribution < -0.4 is 5.73 Å². The summed E-state index contributed by atoms with van der Waals surface area (Å²) in [4.78, 5) is 11.6. The van der Waals surface area contributed by atoms with Gasteiger partial charge in [-0.1, -0.05) is 0 Å². The number of nitrogen functional groups attached to an aromatic ring is 1. The molecule has 116 valence electrons. The van der Waals surface area contributed by atoms with E-state index in [2.05, 4.69) is 20.7 Å². The van der Waals surface area contributed by atoms with E-state index in [0.717, 1.165) is 0 Å². The minimum absolute atomic E-state index is 0.0775. The van der Waals surface area contributed by atoms with Gasteiger partial charge in [0, 0.05) is 16.7 Å². The van der Waals surface area contributed by atoms with Crippen LogP contribution in [-0.2, 0) is 24.3 Å². The summed E-state index contributed by atoms with van der Waals surface area (Å²) in [5.74, 6) is -0.592. The lowest BCUT2D eigenvalue weighted by atomic mass is 10.3.